The lowest BCUT2D eigenvalue weighted by Crippen LogP contribution is -2.25. The summed E-state index contributed by atoms with van der Waals surface area (Å²) in [5, 5.41) is 9.28. The molecule has 1 rings (SSSR count). The van der Waals surface area contributed by atoms with E-state index in [9.17, 15) is 14.7 Å². The van der Waals surface area contributed by atoms with E-state index in [1.165, 1.54) is 0 Å². The molecule has 0 aliphatic rings. The van der Waals surface area contributed by atoms with Crippen LogP contribution in [-0.4, -0.2) is 29.9 Å². The average Bonchev–Trinajstić information content (AvgIpc) is 2.35. The summed E-state index contributed by atoms with van der Waals surface area (Å²) in [5.74, 6) is 0.00558. The van der Waals surface area contributed by atoms with E-state index in [1.54, 1.807) is 24.3 Å². The van der Waals surface area contributed by atoms with Crippen molar-refractivity contribution in [3.63, 3.8) is 0 Å². The molecule has 0 fully saturated rings. The van der Waals surface area contributed by atoms with Crippen molar-refractivity contribution in [2.75, 3.05) is 6.61 Å². The van der Waals surface area contributed by atoms with Crippen LogP contribution in [0.2, 0.25) is 0 Å². The molecule has 0 saturated carbocycles. The zero-order valence-corrected chi connectivity index (χ0v) is 8.63. The van der Waals surface area contributed by atoms with Gasteiger partial charge >= 0.3 is 0 Å². The van der Waals surface area contributed by atoms with Crippen molar-refractivity contribution in [2.45, 2.75) is 6.10 Å². The van der Waals surface area contributed by atoms with E-state index in [1.807, 2.05) is 0 Å². The van der Waals surface area contributed by atoms with Gasteiger partial charge in [0.05, 0.1) is 0 Å². The Kier molecular flexibility index (Phi) is 4.42. The van der Waals surface area contributed by atoms with Gasteiger partial charge in [0.1, 0.15) is 18.6 Å². The van der Waals surface area contributed by atoms with Gasteiger partial charge < -0.3 is 9.84 Å². The average molecular weight is 220 g/mol. The molecule has 0 aromatic heterocycles. The molecule has 1 N–H and O–H groups in total. The third-order valence-corrected chi connectivity index (χ3v) is 1.95. The minimum atomic E-state index is -1.21. The number of aldehydes is 1. The smallest absolute Gasteiger partial charge is 0.187 e. The molecule has 0 radical (unpaired) electrons. The van der Waals surface area contributed by atoms with Gasteiger partial charge in [-0.2, -0.15) is 0 Å². The zero-order valence-electron chi connectivity index (χ0n) is 8.63. The molecule has 1 aromatic carbocycles. The van der Waals surface area contributed by atoms with Gasteiger partial charge in [0.15, 0.2) is 11.9 Å². The third kappa shape index (κ3) is 3.33. The maximum absolute atomic E-state index is 10.9. The Hall–Kier alpha value is -1.94. The number of ether oxygens (including phenoxy) is 1. The Morgan fingerprint density at radius 3 is 2.56 bits per heavy atom. The Labute approximate surface area is 93.2 Å². The number of ketones is 1. The van der Waals surface area contributed by atoms with Crippen molar-refractivity contribution < 1.29 is 19.4 Å². The summed E-state index contributed by atoms with van der Waals surface area (Å²) in [4.78, 5) is 21.3. The molecule has 1 atom stereocenters. The molecule has 4 nitrogen and oxygen atoms in total. The first-order valence-electron chi connectivity index (χ1n) is 4.69. The standard InChI is InChI=1S/C12H12O4/c1-2-11(14)12(15)8-16-10-5-3-9(7-13)4-6-10/h2-7,12,15H,1,8H2. The number of hydrogen-bond acceptors (Lipinski definition) is 4. The molecule has 0 amide bonds. The van der Waals surface area contributed by atoms with Crippen LogP contribution >= 0.6 is 0 Å². The van der Waals surface area contributed by atoms with Gasteiger partial charge in [-0.15, -0.1) is 0 Å². The summed E-state index contributed by atoms with van der Waals surface area (Å²) >= 11 is 0. The fourth-order valence-electron chi connectivity index (χ4n) is 1.04. The summed E-state index contributed by atoms with van der Waals surface area (Å²) in [5.41, 5.74) is 0.537. The Balaban J connectivity index is 2.51. The lowest BCUT2D eigenvalue weighted by atomic mass is 10.2. The highest BCUT2D eigenvalue weighted by atomic mass is 16.5. The van der Waals surface area contributed by atoms with Crippen LogP contribution in [-0.2, 0) is 4.79 Å². The number of benzene rings is 1. The number of hydrogen-bond donors (Lipinski definition) is 1. The molecule has 0 aliphatic carbocycles. The van der Waals surface area contributed by atoms with Gasteiger partial charge in [-0.1, -0.05) is 6.58 Å². The van der Waals surface area contributed by atoms with Gasteiger partial charge in [-0.25, -0.2) is 0 Å². The number of aliphatic hydroxyl groups excluding tert-OH is 1. The molecule has 0 saturated heterocycles. The summed E-state index contributed by atoms with van der Waals surface area (Å²) < 4.78 is 5.16. The summed E-state index contributed by atoms with van der Waals surface area (Å²) in [6.07, 6.45) is 0.562. The molecule has 0 heterocycles. The molecular weight excluding hydrogens is 208 g/mol. The molecule has 0 spiro atoms. The highest BCUT2D eigenvalue weighted by molar-refractivity contribution is 5.92. The highest BCUT2D eigenvalue weighted by Crippen LogP contribution is 2.11. The van der Waals surface area contributed by atoms with E-state index >= 15 is 0 Å². The van der Waals surface area contributed by atoms with E-state index < -0.39 is 11.9 Å². The molecule has 4 heteroatoms. The summed E-state index contributed by atoms with van der Waals surface area (Å²) in [6, 6.07) is 6.36. The van der Waals surface area contributed by atoms with Gasteiger partial charge in [-0.3, -0.25) is 9.59 Å². The Morgan fingerprint density at radius 1 is 1.44 bits per heavy atom. The zero-order chi connectivity index (χ0) is 12.0. The quantitative estimate of drug-likeness (QED) is 0.573. The number of carbonyl (C=O) groups is 2. The second-order valence-electron chi connectivity index (χ2n) is 3.12. The van der Waals surface area contributed by atoms with Crippen LogP contribution in [0.4, 0.5) is 0 Å². The van der Waals surface area contributed by atoms with Crippen molar-refractivity contribution in [2.24, 2.45) is 0 Å². The molecule has 1 unspecified atom stereocenters. The van der Waals surface area contributed by atoms with Crippen molar-refractivity contribution in [3.05, 3.63) is 42.5 Å². The van der Waals surface area contributed by atoms with Crippen LogP contribution in [0.3, 0.4) is 0 Å². The van der Waals surface area contributed by atoms with Crippen LogP contribution < -0.4 is 4.74 Å². The minimum absolute atomic E-state index is 0.134. The van der Waals surface area contributed by atoms with Gasteiger partial charge in [0, 0.05) is 5.56 Å². The van der Waals surface area contributed by atoms with Gasteiger partial charge in [-0.05, 0) is 30.3 Å². The summed E-state index contributed by atoms with van der Waals surface area (Å²) in [6.45, 7) is 3.12. The second-order valence-corrected chi connectivity index (χ2v) is 3.12. The van der Waals surface area contributed by atoms with Crippen LogP contribution in [0, 0.1) is 0 Å². The normalized spacial score (nSPS) is 11.6. The first-order valence-corrected chi connectivity index (χ1v) is 4.69. The minimum Gasteiger partial charge on any atom is -0.490 e. The molecule has 84 valence electrons. The van der Waals surface area contributed by atoms with Crippen molar-refractivity contribution in [1.29, 1.82) is 0 Å². The lowest BCUT2D eigenvalue weighted by molar-refractivity contribution is -0.123. The number of rotatable bonds is 6. The Bertz CT molecular complexity index is 381. The van der Waals surface area contributed by atoms with Gasteiger partial charge in [0.2, 0.25) is 0 Å². The molecule has 0 bridgehead atoms. The van der Waals surface area contributed by atoms with Crippen LogP contribution in [0.25, 0.3) is 0 Å². The number of carbonyl (C=O) groups excluding carboxylic acids is 2. The maximum atomic E-state index is 10.9. The fraction of sp³-hybridized carbons (Fsp3) is 0.167. The van der Waals surface area contributed by atoms with Crippen LogP contribution in [0.1, 0.15) is 10.4 Å². The maximum Gasteiger partial charge on any atom is 0.187 e. The van der Waals surface area contributed by atoms with Crippen LogP contribution in [0.5, 0.6) is 5.75 Å². The molecule has 0 aliphatic heterocycles. The highest BCUT2D eigenvalue weighted by Gasteiger charge is 2.11. The third-order valence-electron chi connectivity index (χ3n) is 1.95. The molecule has 16 heavy (non-hydrogen) atoms. The van der Waals surface area contributed by atoms with E-state index in [0.717, 1.165) is 12.4 Å². The first-order chi connectivity index (χ1) is 7.67. The van der Waals surface area contributed by atoms with Crippen molar-refractivity contribution in [3.8, 4) is 5.75 Å². The predicted molar refractivity (Wildman–Crippen MR) is 58.5 cm³/mol. The SMILES string of the molecule is C=CC(=O)C(O)COc1ccc(C=O)cc1. The fourth-order valence-corrected chi connectivity index (χ4v) is 1.04. The van der Waals surface area contributed by atoms with E-state index in [2.05, 4.69) is 6.58 Å². The van der Waals surface area contributed by atoms with Gasteiger partial charge in [0.25, 0.3) is 0 Å². The number of aliphatic hydroxyl groups is 1. The largest absolute Gasteiger partial charge is 0.490 e. The second kappa shape index (κ2) is 5.82. The predicted octanol–water partition coefficient (Wildman–Crippen LogP) is 0.994. The summed E-state index contributed by atoms with van der Waals surface area (Å²) in [7, 11) is 0. The van der Waals surface area contributed by atoms with E-state index in [0.29, 0.717) is 11.3 Å². The molecule has 1 aromatic rings. The first kappa shape index (κ1) is 12.1. The van der Waals surface area contributed by atoms with Crippen molar-refractivity contribution >= 4 is 12.1 Å². The monoisotopic (exact) mass is 220 g/mol. The van der Waals surface area contributed by atoms with E-state index in [4.69, 9.17) is 4.74 Å². The topological polar surface area (TPSA) is 63.6 Å². The van der Waals surface area contributed by atoms with E-state index in [-0.39, 0.29) is 6.61 Å². The van der Waals surface area contributed by atoms with Crippen LogP contribution in [0.15, 0.2) is 36.9 Å². The Morgan fingerprint density at radius 2 is 2.06 bits per heavy atom. The lowest BCUT2D eigenvalue weighted by Gasteiger charge is -2.09. The molecular formula is C12H12O4. The van der Waals surface area contributed by atoms with Crippen molar-refractivity contribution in [1.82, 2.24) is 0 Å².